The van der Waals surface area contributed by atoms with Crippen LogP contribution in [0.3, 0.4) is 0 Å². The number of aryl methyl sites for hydroxylation is 2. The zero-order chi connectivity index (χ0) is 19.7. The Labute approximate surface area is 170 Å². The second kappa shape index (κ2) is 7.73. The zero-order valence-corrected chi connectivity index (χ0v) is 17.0. The summed E-state index contributed by atoms with van der Waals surface area (Å²) in [5.41, 5.74) is 5.39. The van der Waals surface area contributed by atoms with E-state index in [2.05, 4.69) is 36.1 Å². The van der Waals surface area contributed by atoms with Gasteiger partial charge >= 0.3 is 0 Å². The summed E-state index contributed by atoms with van der Waals surface area (Å²) in [7, 11) is 0. The highest BCUT2D eigenvalue weighted by atomic mass is 32.2. The van der Waals surface area contributed by atoms with Crippen LogP contribution in [0, 0.1) is 18.3 Å². The van der Waals surface area contributed by atoms with Crippen LogP contribution in [0.5, 0.6) is 0 Å². The fraction of sp³-hybridized carbons (Fsp3) is 0.304. The molecule has 0 aromatic heterocycles. The van der Waals surface area contributed by atoms with Crippen molar-refractivity contribution in [1.29, 1.82) is 5.26 Å². The number of benzene rings is 2. The van der Waals surface area contributed by atoms with E-state index in [4.69, 9.17) is 0 Å². The lowest BCUT2D eigenvalue weighted by Gasteiger charge is -2.42. The molecule has 0 radical (unpaired) electrons. The molecule has 0 N–H and O–H groups in total. The van der Waals surface area contributed by atoms with E-state index >= 15 is 0 Å². The first-order valence-electron chi connectivity index (χ1n) is 9.59. The van der Waals surface area contributed by atoms with Crippen molar-refractivity contribution in [2.45, 2.75) is 32.6 Å². The zero-order valence-electron chi connectivity index (χ0n) is 16.2. The number of nitrogens with zero attached hydrogens (tertiary/aromatic N) is 3. The first-order valence-corrected chi connectivity index (χ1v) is 10.6. The van der Waals surface area contributed by atoms with E-state index in [1.807, 2.05) is 37.3 Å². The number of fused-ring (bicyclic) bond motifs is 1. The minimum atomic E-state index is -0.147. The largest absolute Gasteiger partial charge is 0.343 e. The highest BCUT2D eigenvalue weighted by Crippen LogP contribution is 2.43. The SMILES string of the molecule is CCc1ccccc1N1CSC2=C(C#N)C(c3ccc(C)cc3)CC(=O)N2C1. The van der Waals surface area contributed by atoms with Gasteiger partial charge < -0.3 is 4.90 Å². The quantitative estimate of drug-likeness (QED) is 0.758. The molecule has 142 valence electrons. The van der Waals surface area contributed by atoms with Gasteiger partial charge in [-0.1, -0.05) is 66.7 Å². The lowest BCUT2D eigenvalue weighted by atomic mass is 9.86. The Kier molecular flexibility index (Phi) is 5.15. The number of amides is 1. The van der Waals surface area contributed by atoms with E-state index in [1.54, 1.807) is 16.7 Å². The van der Waals surface area contributed by atoms with Crippen LogP contribution in [0.15, 0.2) is 59.1 Å². The minimum absolute atomic E-state index is 0.0887. The summed E-state index contributed by atoms with van der Waals surface area (Å²) in [4.78, 5) is 17.0. The molecule has 2 aromatic carbocycles. The maximum absolute atomic E-state index is 13.0. The molecule has 2 aliphatic rings. The highest BCUT2D eigenvalue weighted by Gasteiger charge is 2.38. The van der Waals surface area contributed by atoms with Crippen LogP contribution in [0.2, 0.25) is 0 Å². The maximum Gasteiger partial charge on any atom is 0.229 e. The molecular weight excluding hydrogens is 366 g/mol. The smallest absolute Gasteiger partial charge is 0.229 e. The van der Waals surface area contributed by atoms with Crippen LogP contribution in [-0.2, 0) is 11.2 Å². The van der Waals surface area contributed by atoms with Gasteiger partial charge in [0, 0.05) is 18.0 Å². The van der Waals surface area contributed by atoms with Crippen molar-refractivity contribution in [3.63, 3.8) is 0 Å². The van der Waals surface area contributed by atoms with E-state index in [1.165, 1.54) is 16.8 Å². The van der Waals surface area contributed by atoms with Crippen LogP contribution in [0.4, 0.5) is 5.69 Å². The Morgan fingerprint density at radius 1 is 1.18 bits per heavy atom. The summed E-state index contributed by atoms with van der Waals surface area (Å²) in [5, 5.41) is 10.7. The third-order valence-electron chi connectivity index (χ3n) is 5.49. The number of para-hydroxylation sites is 1. The second-order valence-electron chi connectivity index (χ2n) is 7.26. The van der Waals surface area contributed by atoms with Gasteiger partial charge in [0.05, 0.1) is 29.2 Å². The molecule has 2 aliphatic heterocycles. The molecule has 0 spiro atoms. The Morgan fingerprint density at radius 3 is 2.64 bits per heavy atom. The third-order valence-corrected chi connectivity index (χ3v) is 6.64. The van der Waals surface area contributed by atoms with E-state index in [-0.39, 0.29) is 11.8 Å². The van der Waals surface area contributed by atoms with E-state index in [9.17, 15) is 10.1 Å². The van der Waals surface area contributed by atoms with Crippen molar-refractivity contribution in [3.8, 4) is 6.07 Å². The summed E-state index contributed by atoms with van der Waals surface area (Å²) >= 11 is 1.60. The van der Waals surface area contributed by atoms with E-state index in [0.717, 1.165) is 28.5 Å². The number of anilines is 1. The van der Waals surface area contributed by atoms with Crippen LogP contribution in [0.1, 0.15) is 36.0 Å². The molecule has 2 heterocycles. The van der Waals surface area contributed by atoms with Crippen molar-refractivity contribution >= 4 is 23.4 Å². The molecule has 1 amide bonds. The van der Waals surface area contributed by atoms with E-state index < -0.39 is 0 Å². The topological polar surface area (TPSA) is 47.3 Å². The van der Waals surface area contributed by atoms with Crippen molar-refractivity contribution < 1.29 is 4.79 Å². The molecule has 4 nitrogen and oxygen atoms in total. The fourth-order valence-electron chi connectivity index (χ4n) is 3.92. The third kappa shape index (κ3) is 3.29. The number of carbonyl (C=O) groups is 1. The van der Waals surface area contributed by atoms with Crippen molar-refractivity contribution in [2.24, 2.45) is 0 Å². The van der Waals surface area contributed by atoms with Crippen LogP contribution in [-0.4, -0.2) is 23.4 Å². The number of rotatable bonds is 3. The van der Waals surface area contributed by atoms with Gasteiger partial charge in [-0.2, -0.15) is 5.26 Å². The molecule has 28 heavy (non-hydrogen) atoms. The number of carbonyl (C=O) groups excluding carboxylic acids is 1. The molecule has 1 fully saturated rings. The Bertz CT molecular complexity index is 974. The predicted octanol–water partition coefficient (Wildman–Crippen LogP) is 4.78. The normalized spacial score (nSPS) is 19.5. The molecule has 0 saturated carbocycles. The summed E-state index contributed by atoms with van der Waals surface area (Å²) in [5.74, 6) is 0.680. The number of hydrogen-bond acceptors (Lipinski definition) is 4. The lowest BCUT2D eigenvalue weighted by molar-refractivity contribution is -0.129. The molecular formula is C23H23N3OS. The lowest BCUT2D eigenvalue weighted by Crippen LogP contribution is -2.47. The summed E-state index contributed by atoms with van der Waals surface area (Å²) < 4.78 is 0. The summed E-state index contributed by atoms with van der Waals surface area (Å²) in [6.07, 6.45) is 1.30. The summed E-state index contributed by atoms with van der Waals surface area (Å²) in [6, 6.07) is 18.9. The van der Waals surface area contributed by atoms with Gasteiger partial charge in [-0.25, -0.2) is 0 Å². The van der Waals surface area contributed by atoms with Crippen LogP contribution >= 0.6 is 11.8 Å². The molecule has 4 rings (SSSR count). The average Bonchev–Trinajstić information content (AvgIpc) is 2.74. The second-order valence-corrected chi connectivity index (χ2v) is 8.19. The first-order chi connectivity index (χ1) is 13.6. The monoisotopic (exact) mass is 389 g/mol. The number of hydrogen-bond donors (Lipinski definition) is 0. The predicted molar refractivity (Wildman–Crippen MR) is 114 cm³/mol. The standard InChI is InChI=1S/C23H23N3OS/c1-3-17-6-4-5-7-21(17)25-14-26-22(27)12-19(18-10-8-16(2)9-11-18)20(13-24)23(26)28-15-25/h4-11,19H,3,12,14-15H2,1-2H3. The van der Waals surface area contributed by atoms with Crippen LogP contribution < -0.4 is 4.90 Å². The summed E-state index contributed by atoms with van der Waals surface area (Å²) in [6.45, 7) is 4.69. The molecule has 1 atom stereocenters. The Morgan fingerprint density at radius 2 is 1.93 bits per heavy atom. The average molecular weight is 390 g/mol. The van der Waals surface area contributed by atoms with Crippen LogP contribution in [0.25, 0.3) is 0 Å². The van der Waals surface area contributed by atoms with Gasteiger partial charge in [0.1, 0.15) is 0 Å². The Hall–Kier alpha value is -2.71. The van der Waals surface area contributed by atoms with Gasteiger partial charge in [-0.15, -0.1) is 0 Å². The fourth-order valence-corrected chi connectivity index (χ4v) is 5.07. The number of allylic oxidation sites excluding steroid dienone is 1. The highest BCUT2D eigenvalue weighted by molar-refractivity contribution is 8.03. The first kappa shape index (κ1) is 18.6. The van der Waals surface area contributed by atoms with Crippen molar-refractivity contribution in [2.75, 3.05) is 17.4 Å². The molecule has 2 aromatic rings. The number of thioether (sulfide) groups is 1. The van der Waals surface area contributed by atoms with Gasteiger partial charge in [-0.3, -0.25) is 9.69 Å². The molecule has 5 heteroatoms. The molecule has 1 unspecified atom stereocenters. The van der Waals surface area contributed by atoms with Gasteiger partial charge in [0.25, 0.3) is 0 Å². The number of nitriles is 1. The van der Waals surface area contributed by atoms with Crippen molar-refractivity contribution in [3.05, 3.63) is 75.8 Å². The van der Waals surface area contributed by atoms with Gasteiger partial charge in [0.2, 0.25) is 5.91 Å². The van der Waals surface area contributed by atoms with Crippen molar-refractivity contribution in [1.82, 2.24) is 4.90 Å². The molecule has 0 aliphatic carbocycles. The minimum Gasteiger partial charge on any atom is -0.343 e. The molecule has 1 saturated heterocycles. The van der Waals surface area contributed by atoms with Gasteiger partial charge in [0.15, 0.2) is 0 Å². The van der Waals surface area contributed by atoms with E-state index in [0.29, 0.717) is 13.1 Å². The Balaban J connectivity index is 1.67. The van der Waals surface area contributed by atoms with Gasteiger partial charge in [-0.05, 0) is 30.5 Å². The maximum atomic E-state index is 13.0. The molecule has 0 bridgehead atoms.